The van der Waals surface area contributed by atoms with Crippen molar-refractivity contribution in [2.24, 2.45) is 0 Å². The molecule has 0 spiro atoms. The number of benzene rings is 2. The van der Waals surface area contributed by atoms with Crippen molar-refractivity contribution in [3.05, 3.63) is 65.5 Å². The van der Waals surface area contributed by atoms with Gasteiger partial charge in [0.15, 0.2) is 10.5 Å². The number of aliphatic carboxylic acids is 2. The Kier molecular flexibility index (Phi) is 4.52. The van der Waals surface area contributed by atoms with Crippen LogP contribution in [0.4, 0.5) is 0 Å². The molecule has 2 aromatic carbocycles. The van der Waals surface area contributed by atoms with E-state index in [9.17, 15) is 19.5 Å². The van der Waals surface area contributed by atoms with Crippen LogP contribution in [0.25, 0.3) is 11.0 Å². The van der Waals surface area contributed by atoms with Crippen molar-refractivity contribution < 1.29 is 24.6 Å². The zero-order chi connectivity index (χ0) is 18.9. The van der Waals surface area contributed by atoms with Crippen LogP contribution < -0.4 is 0 Å². The first kappa shape index (κ1) is 17.7. The minimum atomic E-state index is -2.01. The number of rotatable bonds is 6. The molecule has 1 heterocycles. The van der Waals surface area contributed by atoms with E-state index in [0.29, 0.717) is 22.2 Å². The summed E-state index contributed by atoms with van der Waals surface area (Å²) in [6.45, 7) is 0. The van der Waals surface area contributed by atoms with Crippen LogP contribution in [0, 0.1) is 0 Å². The molecule has 3 rings (SSSR count). The van der Waals surface area contributed by atoms with Gasteiger partial charge in [0.1, 0.15) is 5.82 Å². The van der Waals surface area contributed by atoms with Crippen LogP contribution in [-0.2, 0) is 14.3 Å². The molecule has 0 radical (unpaired) electrons. The number of nitrogens with one attached hydrogen (secondary N) is 1. The summed E-state index contributed by atoms with van der Waals surface area (Å²) in [5.74, 6) is -3.04. The number of hydrogen-bond acceptors (Lipinski definition) is 5. The largest absolute Gasteiger partial charge is 0.481 e. The lowest BCUT2D eigenvalue weighted by Gasteiger charge is -2.18. The average Bonchev–Trinajstić information content (AvgIpc) is 3.05. The van der Waals surface area contributed by atoms with Gasteiger partial charge in [-0.15, -0.1) is 0 Å². The highest BCUT2D eigenvalue weighted by Crippen LogP contribution is 2.32. The normalized spacial score (nSPS) is 13.3. The molecule has 1 aromatic heterocycles. The lowest BCUT2D eigenvalue weighted by Crippen LogP contribution is -2.33. The van der Waals surface area contributed by atoms with Gasteiger partial charge in [-0.1, -0.05) is 30.3 Å². The molecule has 0 aliphatic rings. The van der Waals surface area contributed by atoms with Crippen LogP contribution in [0.1, 0.15) is 28.2 Å². The van der Waals surface area contributed by atoms with Gasteiger partial charge in [-0.25, -0.2) is 4.98 Å². The molecule has 1 atom stereocenters. The van der Waals surface area contributed by atoms with Gasteiger partial charge in [0, 0.05) is 11.1 Å². The second-order valence-corrected chi connectivity index (χ2v) is 6.51. The smallest absolute Gasteiger partial charge is 0.327 e. The number of aromatic amines is 1. The topological polar surface area (TPSA) is 120 Å². The SMILES string of the molecule is O=C(O)CC(S)(C(=O)O)c1nc2ccc(C(=O)c3ccccc3)cc2[nH]1. The van der Waals surface area contributed by atoms with Gasteiger partial charge >= 0.3 is 11.9 Å². The van der Waals surface area contributed by atoms with E-state index >= 15 is 0 Å². The number of ketones is 1. The summed E-state index contributed by atoms with van der Waals surface area (Å²) >= 11 is 4.04. The number of carbonyl (C=O) groups is 3. The minimum Gasteiger partial charge on any atom is -0.481 e. The van der Waals surface area contributed by atoms with Gasteiger partial charge in [0.25, 0.3) is 0 Å². The number of hydrogen-bond donors (Lipinski definition) is 4. The second-order valence-electron chi connectivity index (χ2n) is 5.75. The third kappa shape index (κ3) is 3.18. The fourth-order valence-electron chi connectivity index (χ4n) is 2.58. The molecular formula is C18H14N2O5S. The Hall–Kier alpha value is -3.13. The molecule has 26 heavy (non-hydrogen) atoms. The van der Waals surface area contributed by atoms with Crippen molar-refractivity contribution in [3.63, 3.8) is 0 Å². The Morgan fingerprint density at radius 2 is 1.73 bits per heavy atom. The molecule has 0 aliphatic carbocycles. The highest BCUT2D eigenvalue weighted by Gasteiger charge is 2.42. The van der Waals surface area contributed by atoms with E-state index in [0.717, 1.165) is 0 Å². The van der Waals surface area contributed by atoms with Crippen LogP contribution in [0.5, 0.6) is 0 Å². The number of carboxylic acid groups (broad SMARTS) is 2. The Balaban J connectivity index is 2.03. The van der Waals surface area contributed by atoms with Gasteiger partial charge in [-0.3, -0.25) is 14.4 Å². The molecule has 0 saturated carbocycles. The summed E-state index contributed by atoms with van der Waals surface area (Å²) in [6.07, 6.45) is -0.749. The van der Waals surface area contributed by atoms with E-state index in [4.69, 9.17) is 5.11 Å². The van der Waals surface area contributed by atoms with Crippen molar-refractivity contribution in [2.75, 3.05) is 0 Å². The lowest BCUT2D eigenvalue weighted by molar-refractivity contribution is -0.146. The number of carbonyl (C=O) groups excluding carboxylic acids is 1. The number of nitrogens with zero attached hydrogens (tertiary/aromatic N) is 1. The monoisotopic (exact) mass is 370 g/mol. The van der Waals surface area contributed by atoms with Crippen LogP contribution >= 0.6 is 12.6 Å². The second kappa shape index (κ2) is 6.64. The lowest BCUT2D eigenvalue weighted by atomic mass is 10.0. The Morgan fingerprint density at radius 3 is 2.35 bits per heavy atom. The first-order valence-electron chi connectivity index (χ1n) is 7.59. The van der Waals surface area contributed by atoms with E-state index in [-0.39, 0.29) is 11.6 Å². The maximum absolute atomic E-state index is 12.5. The molecule has 0 saturated heterocycles. The molecule has 7 nitrogen and oxygen atoms in total. The fraction of sp³-hybridized carbons (Fsp3) is 0.111. The van der Waals surface area contributed by atoms with Crippen LogP contribution in [-0.4, -0.2) is 37.9 Å². The molecular weight excluding hydrogens is 356 g/mol. The van der Waals surface area contributed by atoms with E-state index < -0.39 is 23.1 Å². The first-order valence-corrected chi connectivity index (χ1v) is 8.03. The maximum atomic E-state index is 12.5. The highest BCUT2D eigenvalue weighted by atomic mass is 32.1. The summed E-state index contributed by atoms with van der Waals surface area (Å²) in [4.78, 5) is 42.0. The first-order chi connectivity index (χ1) is 12.3. The highest BCUT2D eigenvalue weighted by molar-refractivity contribution is 7.82. The van der Waals surface area contributed by atoms with E-state index in [1.807, 2.05) is 6.07 Å². The van der Waals surface area contributed by atoms with Crippen molar-refractivity contribution >= 4 is 41.4 Å². The zero-order valence-corrected chi connectivity index (χ0v) is 14.2. The number of carboxylic acids is 2. The van der Waals surface area contributed by atoms with Crippen LogP contribution in [0.2, 0.25) is 0 Å². The third-order valence-electron chi connectivity index (χ3n) is 3.93. The Morgan fingerprint density at radius 1 is 1.04 bits per heavy atom. The van der Waals surface area contributed by atoms with Gasteiger partial charge in [-0.2, -0.15) is 12.6 Å². The summed E-state index contributed by atoms with van der Waals surface area (Å²) in [7, 11) is 0. The predicted octanol–water partition coefficient (Wildman–Crippen LogP) is 2.48. The van der Waals surface area contributed by atoms with Crippen molar-refractivity contribution in [1.29, 1.82) is 0 Å². The number of H-pyrrole nitrogens is 1. The Bertz CT molecular complexity index is 1010. The average molecular weight is 370 g/mol. The summed E-state index contributed by atoms with van der Waals surface area (Å²) < 4.78 is -2.01. The van der Waals surface area contributed by atoms with Gasteiger partial charge < -0.3 is 15.2 Å². The number of imidazole rings is 1. The summed E-state index contributed by atoms with van der Waals surface area (Å²) in [6, 6.07) is 13.4. The number of fused-ring (bicyclic) bond motifs is 1. The molecule has 3 N–H and O–H groups in total. The standard InChI is InChI=1S/C18H14N2O5S/c21-14(22)9-18(26,17(24)25)16-19-12-7-6-11(8-13(12)20-16)15(23)10-4-2-1-3-5-10/h1-8,26H,9H2,(H,19,20)(H,21,22)(H,24,25). The molecule has 132 valence electrons. The predicted molar refractivity (Wildman–Crippen MR) is 96.5 cm³/mol. The molecule has 0 amide bonds. The van der Waals surface area contributed by atoms with Crippen molar-refractivity contribution in [3.8, 4) is 0 Å². The Labute approximate surface area is 153 Å². The van der Waals surface area contributed by atoms with Crippen molar-refractivity contribution in [2.45, 2.75) is 11.2 Å². The van der Waals surface area contributed by atoms with Gasteiger partial charge in [0.05, 0.1) is 17.5 Å². The van der Waals surface area contributed by atoms with Gasteiger partial charge in [0.2, 0.25) is 0 Å². The van der Waals surface area contributed by atoms with Crippen molar-refractivity contribution in [1.82, 2.24) is 9.97 Å². The molecule has 0 aliphatic heterocycles. The van der Waals surface area contributed by atoms with E-state index in [2.05, 4.69) is 22.6 Å². The number of thiol groups is 1. The molecule has 0 fully saturated rings. The molecule has 0 bridgehead atoms. The van der Waals surface area contributed by atoms with Crippen LogP contribution in [0.15, 0.2) is 48.5 Å². The zero-order valence-electron chi connectivity index (χ0n) is 13.3. The summed E-state index contributed by atoms with van der Waals surface area (Å²) in [5.41, 5.74) is 1.75. The maximum Gasteiger partial charge on any atom is 0.327 e. The van der Waals surface area contributed by atoms with Crippen LogP contribution in [0.3, 0.4) is 0 Å². The fourth-order valence-corrected chi connectivity index (χ4v) is 2.82. The third-order valence-corrected chi connectivity index (χ3v) is 4.49. The minimum absolute atomic E-state index is 0.102. The molecule has 3 aromatic rings. The summed E-state index contributed by atoms with van der Waals surface area (Å²) in [5, 5.41) is 18.4. The molecule has 8 heteroatoms. The van der Waals surface area contributed by atoms with E-state index in [1.165, 1.54) is 0 Å². The van der Waals surface area contributed by atoms with Gasteiger partial charge in [-0.05, 0) is 18.2 Å². The number of aromatic nitrogens is 2. The molecule has 1 unspecified atom stereocenters. The quantitative estimate of drug-likeness (QED) is 0.391. The van der Waals surface area contributed by atoms with E-state index in [1.54, 1.807) is 42.5 Å².